The van der Waals surface area contributed by atoms with E-state index in [1.54, 1.807) is 0 Å². The molecule has 1 aliphatic heterocycles. The Balaban J connectivity index is 2.03. The molecule has 17 heavy (non-hydrogen) atoms. The predicted octanol–water partition coefficient (Wildman–Crippen LogP) is 4.72. The van der Waals surface area contributed by atoms with E-state index in [0.29, 0.717) is 5.25 Å². The lowest BCUT2D eigenvalue weighted by Crippen LogP contribution is -2.09. The highest BCUT2D eigenvalue weighted by Gasteiger charge is 2.21. The number of thioether (sulfide) groups is 1. The average Bonchev–Trinajstić information content (AvgIpc) is 2.39. The summed E-state index contributed by atoms with van der Waals surface area (Å²) in [7, 11) is 0. The fraction of sp³-hybridized carbons (Fsp3) is 0.200. The molecule has 0 bridgehead atoms. The fourth-order valence-corrected chi connectivity index (χ4v) is 3.77. The molecule has 3 rings (SSSR count). The van der Waals surface area contributed by atoms with E-state index < -0.39 is 0 Å². The van der Waals surface area contributed by atoms with Crippen molar-refractivity contribution in [1.29, 1.82) is 0 Å². The minimum absolute atomic E-state index is 0.470. The van der Waals surface area contributed by atoms with Crippen LogP contribution in [0.2, 0.25) is 5.02 Å². The van der Waals surface area contributed by atoms with Crippen LogP contribution in [0.4, 0.5) is 0 Å². The molecule has 2 aromatic carbocycles. The number of halogens is 1. The minimum atomic E-state index is 0.470. The maximum absolute atomic E-state index is 5.94. The van der Waals surface area contributed by atoms with Crippen LogP contribution in [0.5, 0.6) is 0 Å². The zero-order valence-corrected chi connectivity index (χ0v) is 11.0. The fourth-order valence-electron chi connectivity index (χ4n) is 2.31. The van der Waals surface area contributed by atoms with Gasteiger partial charge < -0.3 is 0 Å². The van der Waals surface area contributed by atoms with Gasteiger partial charge in [0.05, 0.1) is 5.25 Å². The van der Waals surface area contributed by atoms with Crippen LogP contribution in [0.15, 0.2) is 48.5 Å². The van der Waals surface area contributed by atoms with E-state index >= 15 is 0 Å². The molecule has 0 saturated heterocycles. The van der Waals surface area contributed by atoms with E-state index in [1.807, 2.05) is 23.9 Å². The average molecular weight is 261 g/mol. The van der Waals surface area contributed by atoms with Gasteiger partial charge >= 0.3 is 0 Å². The van der Waals surface area contributed by atoms with Gasteiger partial charge in [-0.05, 0) is 41.0 Å². The molecular weight excluding hydrogens is 248 g/mol. The molecule has 0 aliphatic carbocycles. The highest BCUT2D eigenvalue weighted by Crippen LogP contribution is 2.41. The zero-order chi connectivity index (χ0) is 11.7. The summed E-state index contributed by atoms with van der Waals surface area (Å²) in [6, 6.07) is 17.0. The second-order valence-corrected chi connectivity index (χ2v) is 5.90. The number of hydrogen-bond acceptors (Lipinski definition) is 1. The van der Waals surface area contributed by atoms with Gasteiger partial charge in [-0.1, -0.05) is 48.0 Å². The minimum Gasteiger partial charge on any atom is -0.149 e. The van der Waals surface area contributed by atoms with Crippen molar-refractivity contribution in [3.63, 3.8) is 0 Å². The van der Waals surface area contributed by atoms with Gasteiger partial charge in [0.2, 0.25) is 0 Å². The Kier molecular flexibility index (Phi) is 3.13. The Hall–Kier alpha value is -0.920. The maximum Gasteiger partial charge on any atom is 0.0549 e. The largest absolute Gasteiger partial charge is 0.149 e. The highest BCUT2D eigenvalue weighted by molar-refractivity contribution is 7.99. The van der Waals surface area contributed by atoms with Crippen LogP contribution in [0.3, 0.4) is 0 Å². The first-order valence-corrected chi connectivity index (χ1v) is 7.22. The monoisotopic (exact) mass is 260 g/mol. The third kappa shape index (κ3) is 2.22. The Bertz CT molecular complexity index is 519. The summed E-state index contributed by atoms with van der Waals surface area (Å²) < 4.78 is 0. The van der Waals surface area contributed by atoms with Gasteiger partial charge in [-0.15, -0.1) is 11.8 Å². The van der Waals surface area contributed by atoms with E-state index in [4.69, 9.17) is 11.6 Å². The molecule has 0 nitrogen and oxygen atoms in total. The van der Waals surface area contributed by atoms with Crippen LogP contribution >= 0.6 is 23.4 Å². The number of benzene rings is 2. The normalized spacial score (nSPS) is 18.8. The SMILES string of the molecule is Clc1ccc(C2SCCc3ccccc32)cc1. The van der Waals surface area contributed by atoms with Crippen molar-refractivity contribution in [2.45, 2.75) is 11.7 Å². The summed E-state index contributed by atoms with van der Waals surface area (Å²) in [6.45, 7) is 0. The van der Waals surface area contributed by atoms with E-state index in [2.05, 4.69) is 36.4 Å². The Labute approximate surface area is 111 Å². The van der Waals surface area contributed by atoms with Crippen LogP contribution in [0.1, 0.15) is 21.9 Å². The lowest BCUT2D eigenvalue weighted by molar-refractivity contribution is 1.01. The molecular formula is C15H13ClS. The Morgan fingerprint density at radius 3 is 2.59 bits per heavy atom. The second-order valence-electron chi connectivity index (χ2n) is 4.25. The van der Waals surface area contributed by atoms with Gasteiger partial charge in [0.15, 0.2) is 0 Å². The molecule has 1 heterocycles. The van der Waals surface area contributed by atoms with Crippen molar-refractivity contribution >= 4 is 23.4 Å². The van der Waals surface area contributed by atoms with Gasteiger partial charge in [-0.3, -0.25) is 0 Å². The first kappa shape index (κ1) is 11.2. The van der Waals surface area contributed by atoms with Gasteiger partial charge in [0.25, 0.3) is 0 Å². The van der Waals surface area contributed by atoms with Gasteiger partial charge in [0.1, 0.15) is 0 Å². The summed E-state index contributed by atoms with van der Waals surface area (Å²) in [4.78, 5) is 0. The molecule has 86 valence electrons. The Morgan fingerprint density at radius 1 is 1.00 bits per heavy atom. The summed E-state index contributed by atoms with van der Waals surface area (Å²) in [5.41, 5.74) is 4.31. The van der Waals surface area contributed by atoms with Crippen LogP contribution in [0.25, 0.3) is 0 Å². The van der Waals surface area contributed by atoms with Gasteiger partial charge in [-0.2, -0.15) is 0 Å². The van der Waals surface area contributed by atoms with E-state index in [9.17, 15) is 0 Å². The number of fused-ring (bicyclic) bond motifs is 1. The summed E-state index contributed by atoms with van der Waals surface area (Å²) in [5.74, 6) is 1.20. The molecule has 2 heteroatoms. The molecule has 2 aromatic rings. The van der Waals surface area contributed by atoms with E-state index in [1.165, 1.54) is 28.9 Å². The second kappa shape index (κ2) is 4.75. The van der Waals surface area contributed by atoms with Crippen LogP contribution in [-0.4, -0.2) is 5.75 Å². The van der Waals surface area contributed by atoms with E-state index in [-0.39, 0.29) is 0 Å². The predicted molar refractivity (Wildman–Crippen MR) is 75.9 cm³/mol. The topological polar surface area (TPSA) is 0 Å². The third-order valence-corrected chi connectivity index (χ3v) is 4.72. The molecule has 1 unspecified atom stereocenters. The lowest BCUT2D eigenvalue weighted by Gasteiger charge is -2.25. The molecule has 0 spiro atoms. The summed E-state index contributed by atoms with van der Waals surface area (Å²) in [5, 5.41) is 1.28. The molecule has 0 saturated carbocycles. The van der Waals surface area contributed by atoms with Crippen LogP contribution < -0.4 is 0 Å². The van der Waals surface area contributed by atoms with Crippen molar-refractivity contribution in [2.24, 2.45) is 0 Å². The van der Waals surface area contributed by atoms with Crippen molar-refractivity contribution in [3.8, 4) is 0 Å². The maximum atomic E-state index is 5.94. The molecule has 0 aromatic heterocycles. The molecule has 0 amide bonds. The summed E-state index contributed by atoms with van der Waals surface area (Å²) >= 11 is 7.97. The standard InChI is InChI=1S/C15H13ClS/c16-13-7-5-12(6-8-13)15-14-4-2-1-3-11(14)9-10-17-15/h1-8,15H,9-10H2. The quantitative estimate of drug-likeness (QED) is 0.715. The smallest absolute Gasteiger partial charge is 0.0549 e. The van der Waals surface area contributed by atoms with E-state index in [0.717, 1.165) is 5.02 Å². The summed E-state index contributed by atoms with van der Waals surface area (Å²) in [6.07, 6.45) is 1.19. The molecule has 1 atom stereocenters. The van der Waals surface area contributed by atoms with Crippen LogP contribution in [-0.2, 0) is 6.42 Å². The molecule has 0 N–H and O–H groups in total. The molecule has 0 radical (unpaired) electrons. The first-order chi connectivity index (χ1) is 8.34. The van der Waals surface area contributed by atoms with Crippen LogP contribution in [0, 0.1) is 0 Å². The molecule has 0 fully saturated rings. The van der Waals surface area contributed by atoms with Gasteiger partial charge in [-0.25, -0.2) is 0 Å². The molecule has 1 aliphatic rings. The first-order valence-electron chi connectivity index (χ1n) is 5.79. The Morgan fingerprint density at radius 2 is 1.76 bits per heavy atom. The van der Waals surface area contributed by atoms with Crippen molar-refractivity contribution in [1.82, 2.24) is 0 Å². The third-order valence-electron chi connectivity index (χ3n) is 3.17. The van der Waals surface area contributed by atoms with Gasteiger partial charge in [0, 0.05) is 5.02 Å². The highest BCUT2D eigenvalue weighted by atomic mass is 35.5. The van der Waals surface area contributed by atoms with Crippen molar-refractivity contribution in [2.75, 3.05) is 5.75 Å². The van der Waals surface area contributed by atoms with Crippen molar-refractivity contribution < 1.29 is 0 Å². The zero-order valence-electron chi connectivity index (χ0n) is 9.40. The number of aryl methyl sites for hydroxylation is 1. The number of hydrogen-bond donors (Lipinski definition) is 0. The number of rotatable bonds is 1. The lowest BCUT2D eigenvalue weighted by atomic mass is 9.97. The van der Waals surface area contributed by atoms with Crippen molar-refractivity contribution in [3.05, 3.63) is 70.2 Å².